The van der Waals surface area contributed by atoms with Gasteiger partial charge in [0, 0.05) is 6.20 Å². The summed E-state index contributed by atoms with van der Waals surface area (Å²) in [5.41, 5.74) is 0. The molecule has 1 aliphatic heterocycles. The van der Waals surface area contributed by atoms with E-state index >= 15 is 0 Å². The van der Waals surface area contributed by atoms with E-state index in [1.165, 1.54) is 0 Å². The third kappa shape index (κ3) is 2.36. The Labute approximate surface area is 102 Å². The van der Waals surface area contributed by atoms with Gasteiger partial charge in [-0.1, -0.05) is 0 Å². The zero-order chi connectivity index (χ0) is 13.3. The summed E-state index contributed by atoms with van der Waals surface area (Å²) in [5, 5.41) is 1.97. The maximum atomic E-state index is 12.9. The molecule has 1 aromatic heterocycles. The second-order valence-electron chi connectivity index (χ2n) is 3.58. The SMILES string of the molecule is O=C1CN(S(=O)(=O)c2cncc(F)c2)CC(=O)N1. The summed E-state index contributed by atoms with van der Waals surface area (Å²) < 4.78 is 37.6. The molecule has 2 rings (SSSR count). The van der Waals surface area contributed by atoms with Crippen LogP contribution in [0, 0.1) is 5.82 Å². The summed E-state index contributed by atoms with van der Waals surface area (Å²) in [4.78, 5) is 25.2. The quantitative estimate of drug-likeness (QED) is 0.688. The van der Waals surface area contributed by atoms with Crippen molar-refractivity contribution in [2.45, 2.75) is 4.90 Å². The van der Waals surface area contributed by atoms with Crippen LogP contribution >= 0.6 is 0 Å². The molecule has 1 aliphatic rings. The van der Waals surface area contributed by atoms with Crippen LogP contribution in [0.3, 0.4) is 0 Å². The number of aromatic nitrogens is 1. The number of carbonyl (C=O) groups excluding carboxylic acids is 2. The van der Waals surface area contributed by atoms with Crippen LogP contribution in [0.1, 0.15) is 0 Å². The molecule has 1 fully saturated rings. The molecule has 2 amide bonds. The number of halogens is 1. The van der Waals surface area contributed by atoms with Gasteiger partial charge in [-0.15, -0.1) is 0 Å². The first kappa shape index (κ1) is 12.6. The molecular formula is C9H8FN3O4S. The number of hydrogen-bond donors (Lipinski definition) is 1. The summed E-state index contributed by atoms with van der Waals surface area (Å²) in [5.74, 6) is -2.26. The molecule has 0 unspecified atom stereocenters. The smallest absolute Gasteiger partial charge is 0.245 e. The molecule has 0 spiro atoms. The number of pyridine rings is 1. The fourth-order valence-electron chi connectivity index (χ4n) is 1.46. The maximum absolute atomic E-state index is 12.9. The minimum atomic E-state index is -4.10. The van der Waals surface area contributed by atoms with Gasteiger partial charge >= 0.3 is 0 Å². The van der Waals surface area contributed by atoms with Crippen molar-refractivity contribution in [1.29, 1.82) is 0 Å². The van der Waals surface area contributed by atoms with Crippen LogP contribution in [0.2, 0.25) is 0 Å². The second-order valence-corrected chi connectivity index (χ2v) is 5.52. The summed E-state index contributed by atoms with van der Waals surface area (Å²) in [6, 6.07) is 0.777. The van der Waals surface area contributed by atoms with E-state index in [1.807, 2.05) is 5.32 Å². The van der Waals surface area contributed by atoms with Gasteiger partial charge in [-0.3, -0.25) is 19.9 Å². The first-order valence-electron chi connectivity index (χ1n) is 4.83. The Bertz CT molecular complexity index is 600. The predicted molar refractivity (Wildman–Crippen MR) is 56.1 cm³/mol. The van der Waals surface area contributed by atoms with Crippen LogP contribution in [0.15, 0.2) is 23.4 Å². The van der Waals surface area contributed by atoms with E-state index in [0.29, 0.717) is 4.31 Å². The number of rotatable bonds is 2. The number of carbonyl (C=O) groups is 2. The fraction of sp³-hybridized carbons (Fsp3) is 0.222. The van der Waals surface area contributed by atoms with Crippen LogP contribution in [0.25, 0.3) is 0 Å². The van der Waals surface area contributed by atoms with Gasteiger partial charge < -0.3 is 0 Å². The Balaban J connectivity index is 2.37. The van der Waals surface area contributed by atoms with Crippen molar-refractivity contribution < 1.29 is 22.4 Å². The molecule has 0 radical (unpaired) electrons. The van der Waals surface area contributed by atoms with Gasteiger partial charge in [0.2, 0.25) is 21.8 Å². The normalized spacial score (nSPS) is 17.6. The average molecular weight is 273 g/mol. The lowest BCUT2D eigenvalue weighted by Crippen LogP contribution is -2.53. The Morgan fingerprint density at radius 2 is 1.83 bits per heavy atom. The van der Waals surface area contributed by atoms with E-state index in [0.717, 1.165) is 18.5 Å². The minimum absolute atomic E-state index is 0.398. The average Bonchev–Trinajstić information content (AvgIpc) is 2.27. The fourth-order valence-corrected chi connectivity index (χ4v) is 2.79. The molecule has 18 heavy (non-hydrogen) atoms. The number of piperazine rings is 1. The molecule has 0 atom stereocenters. The van der Waals surface area contributed by atoms with Crippen LogP contribution in [0.5, 0.6) is 0 Å². The number of hydrogen-bond acceptors (Lipinski definition) is 5. The zero-order valence-electron chi connectivity index (χ0n) is 8.96. The second kappa shape index (κ2) is 4.42. The molecule has 0 bridgehead atoms. The van der Waals surface area contributed by atoms with Crippen molar-refractivity contribution in [2.24, 2.45) is 0 Å². The van der Waals surface area contributed by atoms with E-state index in [1.54, 1.807) is 0 Å². The summed E-state index contributed by atoms with van der Waals surface area (Å²) in [6.45, 7) is -0.963. The van der Waals surface area contributed by atoms with Crippen LogP contribution in [-0.4, -0.2) is 42.6 Å². The van der Waals surface area contributed by atoms with Crippen LogP contribution in [-0.2, 0) is 19.6 Å². The highest BCUT2D eigenvalue weighted by Gasteiger charge is 2.33. The van der Waals surface area contributed by atoms with Crippen molar-refractivity contribution in [3.63, 3.8) is 0 Å². The lowest BCUT2D eigenvalue weighted by molar-refractivity contribution is -0.134. The van der Waals surface area contributed by atoms with E-state index in [-0.39, 0.29) is 0 Å². The monoisotopic (exact) mass is 273 g/mol. The van der Waals surface area contributed by atoms with E-state index in [9.17, 15) is 22.4 Å². The standard InChI is InChI=1S/C9H8FN3O4S/c10-6-1-7(3-11-2-6)18(16,17)13-4-8(14)12-9(15)5-13/h1-3H,4-5H2,(H,12,14,15). The molecule has 1 N–H and O–H groups in total. The Morgan fingerprint density at radius 3 is 2.39 bits per heavy atom. The number of amides is 2. The summed E-state index contributed by atoms with van der Waals surface area (Å²) >= 11 is 0. The van der Waals surface area contributed by atoms with Crippen molar-refractivity contribution >= 4 is 21.8 Å². The lowest BCUT2D eigenvalue weighted by atomic mass is 10.4. The van der Waals surface area contributed by atoms with E-state index < -0.39 is 45.6 Å². The number of sulfonamides is 1. The zero-order valence-corrected chi connectivity index (χ0v) is 9.78. The highest BCUT2D eigenvalue weighted by atomic mass is 32.2. The highest BCUT2D eigenvalue weighted by molar-refractivity contribution is 7.89. The Morgan fingerprint density at radius 1 is 1.22 bits per heavy atom. The first-order valence-corrected chi connectivity index (χ1v) is 6.27. The molecule has 0 aliphatic carbocycles. The first-order chi connectivity index (χ1) is 8.39. The molecule has 0 aromatic carbocycles. The van der Waals surface area contributed by atoms with E-state index in [4.69, 9.17) is 0 Å². The molecule has 1 aromatic rings. The Kier molecular flexibility index (Phi) is 3.09. The molecular weight excluding hydrogens is 265 g/mol. The Hall–Kier alpha value is -1.87. The van der Waals surface area contributed by atoms with Gasteiger partial charge in [-0.25, -0.2) is 12.8 Å². The molecule has 0 saturated carbocycles. The number of nitrogens with one attached hydrogen (secondary N) is 1. The van der Waals surface area contributed by atoms with Gasteiger partial charge in [-0.2, -0.15) is 4.31 Å². The topological polar surface area (TPSA) is 96.4 Å². The maximum Gasteiger partial charge on any atom is 0.245 e. The molecule has 96 valence electrons. The van der Waals surface area contributed by atoms with Gasteiger partial charge in [0.1, 0.15) is 10.7 Å². The van der Waals surface area contributed by atoms with Gasteiger partial charge in [-0.05, 0) is 6.07 Å². The molecule has 2 heterocycles. The third-order valence-corrected chi connectivity index (χ3v) is 3.99. The lowest BCUT2D eigenvalue weighted by Gasteiger charge is -2.24. The van der Waals surface area contributed by atoms with Crippen LogP contribution in [0.4, 0.5) is 4.39 Å². The molecule has 7 nitrogen and oxygen atoms in total. The highest BCUT2D eigenvalue weighted by Crippen LogP contribution is 2.16. The van der Waals surface area contributed by atoms with Gasteiger partial charge in [0.15, 0.2) is 0 Å². The predicted octanol–water partition coefficient (Wildman–Crippen LogP) is -1.13. The molecule has 9 heteroatoms. The number of imide groups is 1. The van der Waals surface area contributed by atoms with Crippen molar-refractivity contribution in [3.05, 3.63) is 24.3 Å². The van der Waals surface area contributed by atoms with Crippen LogP contribution < -0.4 is 5.32 Å². The van der Waals surface area contributed by atoms with Crippen molar-refractivity contribution in [1.82, 2.24) is 14.6 Å². The van der Waals surface area contributed by atoms with Gasteiger partial charge in [0.25, 0.3) is 0 Å². The van der Waals surface area contributed by atoms with Crippen molar-refractivity contribution in [2.75, 3.05) is 13.1 Å². The minimum Gasteiger partial charge on any atom is -0.294 e. The summed E-state index contributed by atoms with van der Waals surface area (Å²) in [6.07, 6.45) is 1.81. The van der Waals surface area contributed by atoms with Gasteiger partial charge in [0.05, 0.1) is 19.3 Å². The van der Waals surface area contributed by atoms with Crippen molar-refractivity contribution in [3.8, 4) is 0 Å². The molecule has 1 saturated heterocycles. The number of nitrogens with zero attached hydrogens (tertiary/aromatic N) is 2. The third-order valence-electron chi connectivity index (χ3n) is 2.24. The van der Waals surface area contributed by atoms with E-state index in [2.05, 4.69) is 4.98 Å². The largest absolute Gasteiger partial charge is 0.294 e. The summed E-state index contributed by atoms with van der Waals surface area (Å²) in [7, 11) is -4.10.